The molecule has 0 saturated heterocycles. The van der Waals surface area contributed by atoms with Crippen LogP contribution in [-0.4, -0.2) is 32.2 Å². The molecule has 2 aromatic carbocycles. The highest BCUT2D eigenvalue weighted by Gasteiger charge is 2.16. The van der Waals surface area contributed by atoms with E-state index in [4.69, 9.17) is 15.6 Å². The number of aromatic nitrogens is 3. The molecular formula is C22H20N6O4. The second-order valence-corrected chi connectivity index (χ2v) is 6.85. The molecule has 2 aromatic heterocycles. The van der Waals surface area contributed by atoms with E-state index >= 15 is 0 Å². The molecule has 10 heteroatoms. The summed E-state index contributed by atoms with van der Waals surface area (Å²) in [6.07, 6.45) is 1.12. The molecule has 2 heterocycles. The van der Waals surface area contributed by atoms with Crippen molar-refractivity contribution < 1.29 is 19.4 Å². The minimum Gasteiger partial charge on any atom is -0.465 e. The summed E-state index contributed by atoms with van der Waals surface area (Å²) in [6, 6.07) is 15.3. The smallest absolute Gasteiger partial charge is 0.411 e. The van der Waals surface area contributed by atoms with Crippen LogP contribution in [-0.2, 0) is 6.42 Å². The van der Waals surface area contributed by atoms with Gasteiger partial charge in [-0.15, -0.1) is 0 Å². The summed E-state index contributed by atoms with van der Waals surface area (Å²) < 4.78 is 5.78. The predicted molar refractivity (Wildman–Crippen MR) is 120 cm³/mol. The Morgan fingerprint density at radius 3 is 2.69 bits per heavy atom. The van der Waals surface area contributed by atoms with Gasteiger partial charge in [0.1, 0.15) is 5.75 Å². The number of H-pyrrole nitrogens is 1. The van der Waals surface area contributed by atoms with E-state index in [9.17, 15) is 9.59 Å². The van der Waals surface area contributed by atoms with Crippen LogP contribution in [0.1, 0.15) is 12.5 Å². The molecule has 5 N–H and O–H groups in total. The average molecular weight is 432 g/mol. The Morgan fingerprint density at radius 1 is 1.16 bits per heavy atom. The second kappa shape index (κ2) is 8.64. The number of nitrogens with two attached hydrogens (primary N) is 1. The monoisotopic (exact) mass is 432 g/mol. The zero-order chi connectivity index (χ0) is 22.7. The minimum atomic E-state index is -1.21. The molecule has 0 spiro atoms. The Morgan fingerprint density at radius 2 is 2.00 bits per heavy atom. The van der Waals surface area contributed by atoms with E-state index < -0.39 is 12.1 Å². The van der Waals surface area contributed by atoms with Crippen LogP contribution in [0.3, 0.4) is 0 Å². The summed E-state index contributed by atoms with van der Waals surface area (Å²) in [7, 11) is 0. The number of hydrogen-bond donors (Lipinski definition) is 4. The van der Waals surface area contributed by atoms with Crippen molar-refractivity contribution in [3.05, 3.63) is 66.4 Å². The Balaban J connectivity index is 1.55. The molecule has 0 fully saturated rings. The van der Waals surface area contributed by atoms with Gasteiger partial charge in [-0.2, -0.15) is 0 Å². The van der Waals surface area contributed by atoms with Crippen LogP contribution in [0.2, 0.25) is 0 Å². The first-order valence-electron chi connectivity index (χ1n) is 9.75. The van der Waals surface area contributed by atoms with Gasteiger partial charge >= 0.3 is 12.1 Å². The number of hydrogen-bond acceptors (Lipinski definition) is 5. The highest BCUT2D eigenvalue weighted by Crippen LogP contribution is 2.29. The van der Waals surface area contributed by atoms with Crippen molar-refractivity contribution >= 4 is 40.5 Å². The normalized spacial score (nSPS) is 10.7. The number of ether oxygens (including phenoxy) is 1. The third-order valence-electron chi connectivity index (χ3n) is 4.68. The molecule has 3 amide bonds. The number of carbonyl (C=O) groups excluding carboxylic acids is 1. The zero-order valence-electron chi connectivity index (χ0n) is 17.1. The van der Waals surface area contributed by atoms with E-state index in [0.717, 1.165) is 12.0 Å². The quantitative estimate of drug-likeness (QED) is 0.350. The molecular weight excluding hydrogens is 412 g/mol. The number of primary amides is 1. The van der Waals surface area contributed by atoms with Crippen LogP contribution in [0.4, 0.5) is 26.9 Å². The SMILES string of the molecule is CCc1cccc(N(C(N)=O)c2ccc(Oc3ccc4nc(NC(=O)O)[nH]c4c3)nc2)c1. The van der Waals surface area contributed by atoms with Crippen LogP contribution >= 0.6 is 0 Å². The first kappa shape index (κ1) is 20.7. The number of imidazole rings is 1. The maximum Gasteiger partial charge on any atom is 0.411 e. The summed E-state index contributed by atoms with van der Waals surface area (Å²) in [5.41, 5.74) is 9.03. The fraction of sp³-hybridized carbons (Fsp3) is 0.0909. The number of aryl methyl sites for hydroxylation is 1. The number of nitrogens with zero attached hydrogens (tertiary/aromatic N) is 3. The number of aromatic amines is 1. The number of anilines is 3. The van der Waals surface area contributed by atoms with Crippen LogP contribution in [0.15, 0.2) is 60.8 Å². The molecule has 10 nitrogen and oxygen atoms in total. The third kappa shape index (κ3) is 4.43. The first-order chi connectivity index (χ1) is 15.4. The lowest BCUT2D eigenvalue weighted by molar-refractivity contribution is 0.209. The van der Waals surface area contributed by atoms with Gasteiger partial charge in [0.25, 0.3) is 0 Å². The van der Waals surface area contributed by atoms with Gasteiger partial charge < -0.3 is 20.6 Å². The lowest BCUT2D eigenvalue weighted by atomic mass is 10.1. The van der Waals surface area contributed by atoms with Crippen molar-refractivity contribution in [3.8, 4) is 11.6 Å². The van der Waals surface area contributed by atoms with Gasteiger partial charge in [0.05, 0.1) is 28.6 Å². The average Bonchev–Trinajstić information content (AvgIpc) is 3.16. The lowest BCUT2D eigenvalue weighted by Gasteiger charge is -2.21. The molecule has 4 rings (SSSR count). The number of carbonyl (C=O) groups is 2. The highest BCUT2D eigenvalue weighted by atomic mass is 16.5. The standard InChI is InChI=1S/C22H20N6O4/c1-2-13-4-3-5-14(10-13)28(20(23)29)15-6-9-19(24-12-15)32-16-7-8-17-18(11-16)26-21(25-17)27-22(30)31/h3-12H,2H2,1H3,(H2,23,29)(H,30,31)(H2,25,26,27). The third-order valence-corrected chi connectivity index (χ3v) is 4.68. The molecule has 0 radical (unpaired) electrons. The van der Waals surface area contributed by atoms with E-state index in [1.165, 1.54) is 11.1 Å². The highest BCUT2D eigenvalue weighted by molar-refractivity contribution is 5.98. The van der Waals surface area contributed by atoms with Gasteiger partial charge in [-0.05, 0) is 42.3 Å². The fourth-order valence-corrected chi connectivity index (χ4v) is 3.22. The molecule has 0 saturated carbocycles. The number of pyridine rings is 1. The zero-order valence-corrected chi connectivity index (χ0v) is 17.1. The summed E-state index contributed by atoms with van der Waals surface area (Å²) in [6.45, 7) is 2.03. The fourth-order valence-electron chi connectivity index (χ4n) is 3.22. The van der Waals surface area contributed by atoms with Crippen molar-refractivity contribution in [2.75, 3.05) is 10.2 Å². The van der Waals surface area contributed by atoms with Crippen molar-refractivity contribution in [2.24, 2.45) is 5.73 Å². The van der Waals surface area contributed by atoms with Gasteiger partial charge in [-0.25, -0.2) is 19.6 Å². The van der Waals surface area contributed by atoms with Gasteiger partial charge in [-0.1, -0.05) is 19.1 Å². The van der Waals surface area contributed by atoms with E-state index in [0.29, 0.717) is 34.0 Å². The molecule has 0 aliphatic carbocycles. The molecule has 0 unspecified atom stereocenters. The van der Waals surface area contributed by atoms with Crippen LogP contribution < -0.4 is 20.7 Å². The molecule has 162 valence electrons. The maximum atomic E-state index is 12.1. The number of carboxylic acid groups (broad SMARTS) is 1. The Bertz CT molecular complexity index is 1290. The van der Waals surface area contributed by atoms with E-state index in [1.807, 2.05) is 25.1 Å². The Hall–Kier alpha value is -4.60. The molecule has 4 aromatic rings. The number of urea groups is 1. The summed E-state index contributed by atoms with van der Waals surface area (Å²) in [5.74, 6) is 0.903. The van der Waals surface area contributed by atoms with Crippen molar-refractivity contribution in [1.29, 1.82) is 0 Å². The molecule has 0 bridgehead atoms. The van der Waals surface area contributed by atoms with Crippen LogP contribution in [0.5, 0.6) is 11.6 Å². The number of amides is 3. The topological polar surface area (TPSA) is 146 Å². The molecule has 0 atom stereocenters. The van der Waals surface area contributed by atoms with Crippen LogP contribution in [0.25, 0.3) is 11.0 Å². The Labute approximate surface area is 182 Å². The van der Waals surface area contributed by atoms with Crippen LogP contribution in [0, 0.1) is 0 Å². The van der Waals surface area contributed by atoms with Crippen molar-refractivity contribution in [1.82, 2.24) is 15.0 Å². The number of rotatable bonds is 6. The summed E-state index contributed by atoms with van der Waals surface area (Å²) in [4.78, 5) is 35.5. The molecule has 32 heavy (non-hydrogen) atoms. The van der Waals surface area contributed by atoms with Gasteiger partial charge in [0, 0.05) is 12.1 Å². The summed E-state index contributed by atoms with van der Waals surface area (Å²) in [5, 5.41) is 11.0. The van der Waals surface area contributed by atoms with E-state index in [2.05, 4.69) is 20.3 Å². The predicted octanol–water partition coefficient (Wildman–Crippen LogP) is 4.62. The number of benzene rings is 2. The molecule has 0 aliphatic rings. The number of fused-ring (bicyclic) bond motifs is 1. The van der Waals surface area contributed by atoms with Crippen molar-refractivity contribution in [2.45, 2.75) is 13.3 Å². The largest absolute Gasteiger partial charge is 0.465 e. The van der Waals surface area contributed by atoms with E-state index in [1.54, 1.807) is 36.4 Å². The van der Waals surface area contributed by atoms with E-state index in [-0.39, 0.29) is 5.95 Å². The Kier molecular flexibility index (Phi) is 5.58. The first-order valence-corrected chi connectivity index (χ1v) is 9.75. The minimum absolute atomic E-state index is 0.116. The summed E-state index contributed by atoms with van der Waals surface area (Å²) >= 11 is 0. The van der Waals surface area contributed by atoms with Gasteiger partial charge in [-0.3, -0.25) is 10.2 Å². The van der Waals surface area contributed by atoms with Crippen molar-refractivity contribution in [3.63, 3.8) is 0 Å². The van der Waals surface area contributed by atoms with Gasteiger partial charge in [0.2, 0.25) is 11.8 Å². The maximum absolute atomic E-state index is 12.1. The van der Waals surface area contributed by atoms with Gasteiger partial charge in [0.15, 0.2) is 0 Å². The second-order valence-electron chi connectivity index (χ2n) is 6.85. The number of nitrogens with one attached hydrogen (secondary N) is 2. The lowest BCUT2D eigenvalue weighted by Crippen LogP contribution is -2.31. The molecule has 0 aliphatic heterocycles.